The van der Waals surface area contributed by atoms with Crippen molar-refractivity contribution in [2.24, 2.45) is 0 Å². The number of benzene rings is 2. The van der Waals surface area contributed by atoms with Gasteiger partial charge in [-0.2, -0.15) is 0 Å². The van der Waals surface area contributed by atoms with Crippen LogP contribution in [-0.4, -0.2) is 53.9 Å². The van der Waals surface area contributed by atoms with Crippen molar-refractivity contribution in [1.82, 2.24) is 5.32 Å². The lowest BCUT2D eigenvalue weighted by Gasteiger charge is -2.10. The molecule has 2 aromatic rings. The highest BCUT2D eigenvalue weighted by molar-refractivity contribution is 7.89. The SMILES string of the molecule is COc1ccc(CCNC(=O)COC(=O)c2ccc(CS(C)(=O)=O)cc2)cc1OC. The van der Waals surface area contributed by atoms with E-state index >= 15 is 0 Å². The molecule has 0 spiro atoms. The van der Waals surface area contributed by atoms with E-state index in [4.69, 9.17) is 14.2 Å². The summed E-state index contributed by atoms with van der Waals surface area (Å²) in [6.45, 7) is -0.0398. The Morgan fingerprint density at radius 2 is 1.57 bits per heavy atom. The van der Waals surface area contributed by atoms with Crippen LogP contribution < -0.4 is 14.8 Å². The topological polar surface area (TPSA) is 108 Å². The van der Waals surface area contributed by atoms with Gasteiger partial charge >= 0.3 is 5.97 Å². The smallest absolute Gasteiger partial charge is 0.338 e. The van der Waals surface area contributed by atoms with Gasteiger partial charge in [0.25, 0.3) is 5.91 Å². The molecule has 2 aromatic carbocycles. The Kier molecular flexibility index (Phi) is 8.23. The number of esters is 1. The molecule has 0 aromatic heterocycles. The molecule has 0 aliphatic carbocycles. The zero-order valence-electron chi connectivity index (χ0n) is 17.1. The molecular weight excluding hydrogens is 410 g/mol. The fraction of sp³-hybridized carbons (Fsp3) is 0.333. The zero-order chi connectivity index (χ0) is 22.1. The number of rotatable bonds is 10. The van der Waals surface area contributed by atoms with Crippen molar-refractivity contribution in [1.29, 1.82) is 0 Å². The summed E-state index contributed by atoms with van der Waals surface area (Å²) >= 11 is 0. The van der Waals surface area contributed by atoms with Crippen LogP contribution in [0.1, 0.15) is 21.5 Å². The van der Waals surface area contributed by atoms with Crippen LogP contribution in [0, 0.1) is 0 Å². The number of carbonyl (C=O) groups excluding carboxylic acids is 2. The zero-order valence-corrected chi connectivity index (χ0v) is 18.0. The maximum Gasteiger partial charge on any atom is 0.338 e. The summed E-state index contributed by atoms with van der Waals surface area (Å²) < 4.78 is 38.0. The average Bonchev–Trinajstić information content (AvgIpc) is 2.71. The van der Waals surface area contributed by atoms with Crippen LogP contribution in [0.2, 0.25) is 0 Å². The lowest BCUT2D eigenvalue weighted by atomic mass is 10.1. The molecule has 0 saturated carbocycles. The number of hydrogen-bond donors (Lipinski definition) is 1. The first-order valence-electron chi connectivity index (χ1n) is 9.13. The molecule has 0 saturated heterocycles. The highest BCUT2D eigenvalue weighted by atomic mass is 32.2. The van der Waals surface area contributed by atoms with Gasteiger partial charge < -0.3 is 19.5 Å². The summed E-state index contributed by atoms with van der Waals surface area (Å²) in [6.07, 6.45) is 1.71. The molecule has 1 amide bonds. The van der Waals surface area contributed by atoms with Crippen molar-refractivity contribution in [2.75, 3.05) is 33.6 Å². The minimum atomic E-state index is -3.15. The van der Waals surface area contributed by atoms with Gasteiger partial charge in [0.05, 0.1) is 25.5 Å². The standard InChI is InChI=1S/C21H25NO7S/c1-27-18-9-6-15(12-19(18)28-2)10-11-22-20(23)13-29-21(24)17-7-4-16(5-8-17)14-30(3,25)26/h4-9,12H,10-11,13-14H2,1-3H3,(H,22,23). The summed E-state index contributed by atoms with van der Waals surface area (Å²) in [4.78, 5) is 23.9. The Labute approximate surface area is 176 Å². The minimum Gasteiger partial charge on any atom is -0.493 e. The Morgan fingerprint density at radius 1 is 0.933 bits per heavy atom. The van der Waals surface area contributed by atoms with Gasteiger partial charge in [0, 0.05) is 12.8 Å². The first-order chi connectivity index (χ1) is 14.2. The van der Waals surface area contributed by atoms with Crippen molar-refractivity contribution in [2.45, 2.75) is 12.2 Å². The molecule has 0 radical (unpaired) electrons. The van der Waals surface area contributed by atoms with Gasteiger partial charge in [-0.15, -0.1) is 0 Å². The van der Waals surface area contributed by atoms with Crippen LogP contribution in [-0.2, 0) is 31.5 Å². The van der Waals surface area contributed by atoms with Crippen molar-refractivity contribution in [3.8, 4) is 11.5 Å². The van der Waals surface area contributed by atoms with Gasteiger partial charge in [-0.1, -0.05) is 18.2 Å². The van der Waals surface area contributed by atoms with E-state index in [1.165, 1.54) is 12.1 Å². The molecule has 162 valence electrons. The summed E-state index contributed by atoms with van der Waals surface area (Å²) in [5, 5.41) is 2.68. The second-order valence-corrected chi connectivity index (χ2v) is 8.77. The molecule has 0 heterocycles. The van der Waals surface area contributed by atoms with Crippen molar-refractivity contribution < 1.29 is 32.2 Å². The first kappa shape index (κ1) is 23.2. The van der Waals surface area contributed by atoms with E-state index in [0.717, 1.165) is 11.8 Å². The maximum absolute atomic E-state index is 12.0. The van der Waals surface area contributed by atoms with E-state index < -0.39 is 28.3 Å². The van der Waals surface area contributed by atoms with Gasteiger partial charge in [0.2, 0.25) is 0 Å². The third kappa shape index (κ3) is 7.40. The third-order valence-electron chi connectivity index (χ3n) is 4.14. The summed E-state index contributed by atoms with van der Waals surface area (Å²) in [5.74, 6) is 0.0537. The Morgan fingerprint density at radius 3 is 2.17 bits per heavy atom. The molecule has 1 N–H and O–H groups in total. The van der Waals surface area contributed by atoms with Crippen LogP contribution in [0.5, 0.6) is 11.5 Å². The fourth-order valence-electron chi connectivity index (χ4n) is 2.69. The number of methoxy groups -OCH3 is 2. The van der Waals surface area contributed by atoms with E-state index in [1.807, 2.05) is 12.1 Å². The Bertz CT molecular complexity index is 985. The molecule has 9 heteroatoms. The molecule has 0 bridgehead atoms. The first-order valence-corrected chi connectivity index (χ1v) is 11.2. The molecule has 30 heavy (non-hydrogen) atoms. The Hall–Kier alpha value is -3.07. The van der Waals surface area contributed by atoms with Gasteiger partial charge in [0.1, 0.15) is 0 Å². The quantitative estimate of drug-likeness (QED) is 0.567. The van der Waals surface area contributed by atoms with Gasteiger partial charge in [-0.05, 0) is 41.8 Å². The average molecular weight is 435 g/mol. The number of ether oxygens (including phenoxy) is 3. The second-order valence-electron chi connectivity index (χ2n) is 6.63. The predicted molar refractivity (Wildman–Crippen MR) is 112 cm³/mol. The molecule has 0 aliphatic rings. The molecule has 2 rings (SSSR count). The predicted octanol–water partition coefficient (Wildman–Crippen LogP) is 1.76. The van der Waals surface area contributed by atoms with Crippen LogP contribution in [0.4, 0.5) is 0 Å². The van der Waals surface area contributed by atoms with Crippen LogP contribution in [0.3, 0.4) is 0 Å². The lowest BCUT2D eigenvalue weighted by Crippen LogP contribution is -2.30. The normalized spacial score (nSPS) is 10.9. The highest BCUT2D eigenvalue weighted by Gasteiger charge is 2.11. The van der Waals surface area contributed by atoms with Crippen LogP contribution >= 0.6 is 0 Å². The molecule has 0 aliphatic heterocycles. The summed E-state index contributed by atoms with van der Waals surface area (Å²) in [5.41, 5.74) is 1.77. The molecule has 0 atom stereocenters. The molecule has 8 nitrogen and oxygen atoms in total. The van der Waals surface area contributed by atoms with Crippen molar-refractivity contribution >= 4 is 21.7 Å². The van der Waals surface area contributed by atoms with Gasteiger partial charge in [-0.25, -0.2) is 13.2 Å². The summed E-state index contributed by atoms with van der Waals surface area (Å²) in [7, 11) is -0.0395. The van der Waals surface area contributed by atoms with E-state index in [1.54, 1.807) is 32.4 Å². The monoisotopic (exact) mass is 435 g/mol. The number of nitrogens with one attached hydrogen (secondary N) is 1. The minimum absolute atomic E-state index is 0.106. The van der Waals surface area contributed by atoms with Gasteiger partial charge in [-0.3, -0.25) is 4.79 Å². The van der Waals surface area contributed by atoms with E-state index in [-0.39, 0.29) is 11.3 Å². The van der Waals surface area contributed by atoms with Crippen LogP contribution in [0.15, 0.2) is 42.5 Å². The summed E-state index contributed by atoms with van der Waals surface area (Å²) in [6, 6.07) is 11.5. The van der Waals surface area contributed by atoms with E-state index in [0.29, 0.717) is 30.0 Å². The number of sulfone groups is 1. The third-order valence-corrected chi connectivity index (χ3v) is 4.99. The Balaban J connectivity index is 1.77. The molecular formula is C21H25NO7S. The van der Waals surface area contributed by atoms with E-state index in [2.05, 4.69) is 5.32 Å². The largest absolute Gasteiger partial charge is 0.493 e. The van der Waals surface area contributed by atoms with Crippen LogP contribution in [0.25, 0.3) is 0 Å². The van der Waals surface area contributed by atoms with Gasteiger partial charge in [0.15, 0.2) is 27.9 Å². The van der Waals surface area contributed by atoms with Crippen molar-refractivity contribution in [3.05, 3.63) is 59.2 Å². The highest BCUT2D eigenvalue weighted by Crippen LogP contribution is 2.27. The number of amides is 1. The second kappa shape index (κ2) is 10.6. The fourth-order valence-corrected chi connectivity index (χ4v) is 3.49. The maximum atomic E-state index is 12.0. The lowest BCUT2D eigenvalue weighted by molar-refractivity contribution is -0.124. The number of carbonyl (C=O) groups is 2. The van der Waals surface area contributed by atoms with Crippen molar-refractivity contribution in [3.63, 3.8) is 0 Å². The molecule has 0 fully saturated rings. The molecule has 0 unspecified atom stereocenters. The number of hydrogen-bond acceptors (Lipinski definition) is 7. The van der Waals surface area contributed by atoms with E-state index in [9.17, 15) is 18.0 Å².